The first-order valence-electron chi connectivity index (χ1n) is 10.9. The van der Waals surface area contributed by atoms with E-state index >= 15 is 0 Å². The topological polar surface area (TPSA) is 153 Å². The second-order valence-electron chi connectivity index (χ2n) is 8.56. The van der Waals surface area contributed by atoms with E-state index < -0.39 is 39.4 Å². The Bertz CT molecular complexity index is 1390. The van der Waals surface area contributed by atoms with Crippen LogP contribution in [0, 0.1) is 5.82 Å². The summed E-state index contributed by atoms with van der Waals surface area (Å²) < 4.78 is 47.7. The average molecular weight is 514 g/mol. The molecule has 1 aliphatic heterocycles. The first-order valence-corrected chi connectivity index (χ1v) is 12.4. The molecule has 0 bridgehead atoms. The van der Waals surface area contributed by atoms with E-state index in [2.05, 4.69) is 0 Å². The molecular weight excluding hydrogens is 489 g/mol. The number of hydrogen-bond acceptors (Lipinski definition) is 6. The fourth-order valence-electron chi connectivity index (χ4n) is 3.99. The minimum Gasteiger partial charge on any atom is -0.480 e. The van der Waals surface area contributed by atoms with Gasteiger partial charge in [0, 0.05) is 5.56 Å². The second kappa shape index (κ2) is 9.69. The molecule has 36 heavy (non-hydrogen) atoms. The van der Waals surface area contributed by atoms with Crippen LogP contribution in [0.2, 0.25) is 0 Å². The second-order valence-corrected chi connectivity index (χ2v) is 10.5. The lowest BCUT2D eigenvalue weighted by molar-refractivity contribution is -0.138. The van der Waals surface area contributed by atoms with Crippen molar-refractivity contribution in [2.24, 2.45) is 11.5 Å². The highest BCUT2D eigenvalue weighted by atomic mass is 32.2. The molecule has 0 radical (unpaired) electrons. The maximum atomic E-state index is 13.6. The number of rotatable bonds is 9. The number of primary amides is 1. The molecule has 0 aliphatic carbocycles. The van der Waals surface area contributed by atoms with Gasteiger partial charge in [0.1, 0.15) is 17.6 Å². The number of amides is 1. The number of ether oxygens (including phenoxy) is 1. The standard InChI is InChI=1S/C25H24FN3O6S/c26-19-8-6-18(7-9-19)25(35-20-10-4-17(5-11-20)23(28)30)14-29(15-25)36(33,34)21-3-1-2-16(12-21)13-22(27)24(31)32/h1-12,22H,13-15,27H2,(H2,28,30)(H,31,32)/t22-/m0/s1. The molecule has 1 fully saturated rings. The van der Waals surface area contributed by atoms with Crippen LogP contribution >= 0.6 is 0 Å². The third-order valence-corrected chi connectivity index (χ3v) is 7.78. The van der Waals surface area contributed by atoms with Crippen LogP contribution in [-0.4, -0.2) is 48.8 Å². The van der Waals surface area contributed by atoms with Crippen molar-refractivity contribution < 1.29 is 32.2 Å². The highest BCUT2D eigenvalue weighted by molar-refractivity contribution is 7.89. The Balaban J connectivity index is 1.60. The van der Waals surface area contributed by atoms with Crippen molar-refractivity contribution in [1.82, 2.24) is 4.31 Å². The summed E-state index contributed by atoms with van der Waals surface area (Å²) in [6.07, 6.45) is -0.0252. The van der Waals surface area contributed by atoms with Crippen LogP contribution in [0.25, 0.3) is 0 Å². The predicted molar refractivity (Wildman–Crippen MR) is 128 cm³/mol. The van der Waals surface area contributed by atoms with Gasteiger partial charge in [0.15, 0.2) is 5.60 Å². The van der Waals surface area contributed by atoms with Gasteiger partial charge in [-0.05, 0) is 66.1 Å². The molecule has 1 amide bonds. The van der Waals surface area contributed by atoms with Crippen molar-refractivity contribution in [3.63, 3.8) is 0 Å². The van der Waals surface area contributed by atoms with E-state index in [1.165, 1.54) is 58.9 Å². The number of nitrogens with zero attached hydrogens (tertiary/aromatic N) is 1. The van der Waals surface area contributed by atoms with Gasteiger partial charge in [-0.15, -0.1) is 0 Å². The zero-order valence-electron chi connectivity index (χ0n) is 19.0. The Morgan fingerprint density at radius 2 is 1.69 bits per heavy atom. The summed E-state index contributed by atoms with van der Waals surface area (Å²) in [5, 5.41) is 9.04. The summed E-state index contributed by atoms with van der Waals surface area (Å²) in [6.45, 7) is -0.116. The number of benzene rings is 3. The number of carbonyl (C=O) groups excluding carboxylic acids is 1. The lowest BCUT2D eigenvalue weighted by atomic mass is 9.87. The Kier molecular flexibility index (Phi) is 6.81. The summed E-state index contributed by atoms with van der Waals surface area (Å²) in [6, 6.07) is 16.5. The molecule has 4 rings (SSSR count). The van der Waals surface area contributed by atoms with Crippen LogP contribution in [0.4, 0.5) is 4.39 Å². The first kappa shape index (κ1) is 25.3. The van der Waals surface area contributed by atoms with Crippen molar-refractivity contribution in [2.45, 2.75) is 23.0 Å². The van der Waals surface area contributed by atoms with Gasteiger partial charge in [0.25, 0.3) is 0 Å². The van der Waals surface area contributed by atoms with Gasteiger partial charge in [0.05, 0.1) is 18.0 Å². The predicted octanol–water partition coefficient (Wildman–Crippen LogP) is 1.86. The molecule has 0 spiro atoms. The third-order valence-electron chi connectivity index (χ3n) is 5.99. The molecule has 188 valence electrons. The maximum absolute atomic E-state index is 13.6. The van der Waals surface area contributed by atoms with Gasteiger partial charge in [-0.25, -0.2) is 12.8 Å². The van der Waals surface area contributed by atoms with Crippen molar-refractivity contribution in [1.29, 1.82) is 0 Å². The quantitative estimate of drug-likeness (QED) is 0.395. The Morgan fingerprint density at radius 1 is 1.06 bits per heavy atom. The largest absolute Gasteiger partial charge is 0.480 e. The fraction of sp³-hybridized carbons (Fsp3) is 0.200. The van der Waals surface area contributed by atoms with E-state index in [9.17, 15) is 22.4 Å². The number of carboxylic acids is 1. The molecule has 0 saturated carbocycles. The summed E-state index contributed by atoms with van der Waals surface area (Å²) in [5.41, 5.74) is 11.1. The molecule has 0 unspecified atom stereocenters. The number of sulfonamides is 1. The first-order chi connectivity index (χ1) is 17.0. The van der Waals surface area contributed by atoms with E-state index in [1.807, 2.05) is 0 Å². The van der Waals surface area contributed by atoms with Gasteiger partial charge in [-0.1, -0.05) is 24.3 Å². The van der Waals surface area contributed by atoms with Crippen molar-refractivity contribution in [3.8, 4) is 5.75 Å². The van der Waals surface area contributed by atoms with Gasteiger partial charge in [0.2, 0.25) is 15.9 Å². The Labute approximate surface area is 207 Å². The average Bonchev–Trinajstić information content (AvgIpc) is 2.82. The van der Waals surface area contributed by atoms with Crippen LogP contribution in [0.15, 0.2) is 77.7 Å². The molecule has 1 heterocycles. The summed E-state index contributed by atoms with van der Waals surface area (Å²) in [4.78, 5) is 22.4. The molecule has 5 N–H and O–H groups in total. The van der Waals surface area contributed by atoms with E-state index in [0.717, 1.165) is 0 Å². The van der Waals surface area contributed by atoms with Crippen molar-refractivity contribution in [3.05, 3.63) is 95.3 Å². The van der Waals surface area contributed by atoms with Crippen molar-refractivity contribution in [2.75, 3.05) is 13.1 Å². The molecule has 11 heteroatoms. The van der Waals surface area contributed by atoms with E-state index in [0.29, 0.717) is 22.4 Å². The van der Waals surface area contributed by atoms with Crippen LogP contribution < -0.4 is 16.2 Å². The Hall–Kier alpha value is -3.80. The summed E-state index contributed by atoms with van der Waals surface area (Å²) in [5.74, 6) is -1.84. The number of nitrogens with two attached hydrogens (primary N) is 2. The lowest BCUT2D eigenvalue weighted by Crippen LogP contribution is -2.64. The van der Waals surface area contributed by atoms with Crippen LogP contribution in [0.5, 0.6) is 5.75 Å². The van der Waals surface area contributed by atoms with Crippen molar-refractivity contribution >= 4 is 21.9 Å². The fourth-order valence-corrected chi connectivity index (χ4v) is 5.60. The van der Waals surface area contributed by atoms with Gasteiger partial charge >= 0.3 is 5.97 Å². The zero-order valence-corrected chi connectivity index (χ0v) is 19.8. The van der Waals surface area contributed by atoms with E-state index in [4.69, 9.17) is 21.3 Å². The van der Waals surface area contributed by atoms with Crippen LogP contribution in [-0.2, 0) is 26.8 Å². The van der Waals surface area contributed by atoms with E-state index in [-0.39, 0.29) is 24.4 Å². The third kappa shape index (κ3) is 5.08. The SMILES string of the molecule is NC(=O)c1ccc(OC2(c3ccc(F)cc3)CN(S(=O)(=O)c3cccc(C[C@H](N)C(=O)O)c3)C2)cc1. The monoisotopic (exact) mass is 513 g/mol. The number of hydrogen-bond donors (Lipinski definition) is 3. The molecule has 3 aromatic carbocycles. The number of carbonyl (C=O) groups is 2. The highest BCUT2D eigenvalue weighted by Gasteiger charge is 2.52. The smallest absolute Gasteiger partial charge is 0.320 e. The minimum atomic E-state index is -3.95. The van der Waals surface area contributed by atoms with Crippen LogP contribution in [0.1, 0.15) is 21.5 Å². The molecule has 9 nitrogen and oxygen atoms in total. The van der Waals surface area contributed by atoms with E-state index in [1.54, 1.807) is 18.2 Å². The number of halogens is 1. The molecule has 3 aromatic rings. The van der Waals surface area contributed by atoms with Gasteiger partial charge < -0.3 is 21.3 Å². The molecule has 1 atom stereocenters. The molecular formula is C25H24FN3O6S. The Morgan fingerprint density at radius 3 is 2.28 bits per heavy atom. The van der Waals surface area contributed by atoms with Gasteiger partial charge in [-0.2, -0.15) is 4.31 Å². The lowest BCUT2D eigenvalue weighted by Gasteiger charge is -2.48. The normalized spacial score (nSPS) is 16.1. The number of carboxylic acid groups (broad SMARTS) is 1. The molecule has 1 saturated heterocycles. The highest BCUT2D eigenvalue weighted by Crippen LogP contribution is 2.40. The molecule has 1 aliphatic rings. The minimum absolute atomic E-state index is 0.00361. The maximum Gasteiger partial charge on any atom is 0.320 e. The summed E-state index contributed by atoms with van der Waals surface area (Å²) in [7, 11) is -3.95. The zero-order chi connectivity index (χ0) is 26.1. The molecule has 0 aromatic heterocycles. The van der Waals surface area contributed by atoms with Gasteiger partial charge in [-0.3, -0.25) is 9.59 Å². The summed E-state index contributed by atoms with van der Waals surface area (Å²) >= 11 is 0. The number of aliphatic carboxylic acids is 1. The van der Waals surface area contributed by atoms with Crippen LogP contribution in [0.3, 0.4) is 0 Å².